The number of ether oxygens (including phenoxy) is 2. The Morgan fingerprint density at radius 1 is 1.16 bits per heavy atom. The molecule has 1 saturated carbocycles. The monoisotopic (exact) mass is 271 g/mol. The van der Waals surface area contributed by atoms with E-state index in [-0.39, 0.29) is 6.10 Å². The van der Waals surface area contributed by atoms with Gasteiger partial charge in [0.05, 0.1) is 12.7 Å². The maximum absolute atomic E-state index is 5.39. The maximum Gasteiger partial charge on any atom is 0.0928 e. The summed E-state index contributed by atoms with van der Waals surface area (Å²) in [5.41, 5.74) is 0.510. The molecule has 0 amide bonds. The van der Waals surface area contributed by atoms with Gasteiger partial charge in [0.15, 0.2) is 0 Å². The van der Waals surface area contributed by atoms with E-state index in [4.69, 9.17) is 9.47 Å². The van der Waals surface area contributed by atoms with Crippen molar-refractivity contribution in [2.45, 2.75) is 65.0 Å². The lowest BCUT2D eigenvalue weighted by atomic mass is 9.69. The first kappa shape index (κ1) is 16.9. The summed E-state index contributed by atoms with van der Waals surface area (Å²) in [5, 5.41) is 3.64. The molecule has 1 unspecified atom stereocenters. The zero-order valence-electron chi connectivity index (χ0n) is 13.5. The Morgan fingerprint density at radius 2 is 1.79 bits per heavy atom. The number of nitrogens with one attached hydrogen (secondary N) is 1. The summed E-state index contributed by atoms with van der Waals surface area (Å²) in [4.78, 5) is 0. The van der Waals surface area contributed by atoms with Gasteiger partial charge >= 0.3 is 0 Å². The number of hydrogen-bond acceptors (Lipinski definition) is 3. The molecule has 0 aromatic carbocycles. The second-order valence-corrected chi connectivity index (χ2v) is 6.61. The van der Waals surface area contributed by atoms with Crippen LogP contribution in [0.4, 0.5) is 0 Å². The van der Waals surface area contributed by atoms with Crippen molar-refractivity contribution in [1.82, 2.24) is 5.32 Å². The highest BCUT2D eigenvalue weighted by Gasteiger charge is 2.31. The van der Waals surface area contributed by atoms with Crippen molar-refractivity contribution in [3.05, 3.63) is 0 Å². The molecule has 3 heteroatoms. The molecule has 0 saturated heterocycles. The molecule has 0 radical (unpaired) electrons. The summed E-state index contributed by atoms with van der Waals surface area (Å²) in [7, 11) is 3.48. The molecule has 114 valence electrons. The smallest absolute Gasteiger partial charge is 0.0928 e. The minimum absolute atomic E-state index is 0.176. The molecule has 1 N–H and O–H groups in total. The fourth-order valence-electron chi connectivity index (χ4n) is 3.06. The fraction of sp³-hybridized carbons (Fsp3) is 1.00. The van der Waals surface area contributed by atoms with Gasteiger partial charge in [-0.15, -0.1) is 0 Å². The highest BCUT2D eigenvalue weighted by Crippen LogP contribution is 2.40. The molecule has 1 fully saturated rings. The lowest BCUT2D eigenvalue weighted by Crippen LogP contribution is -2.41. The second kappa shape index (κ2) is 8.23. The van der Waals surface area contributed by atoms with E-state index in [9.17, 15) is 0 Å². The van der Waals surface area contributed by atoms with Crippen LogP contribution in [0.15, 0.2) is 0 Å². The molecule has 0 aliphatic heterocycles. The Labute approximate surface area is 119 Å². The standard InChI is InChI=1S/C16H33NO2/c1-6-16(2,3)13-7-9-14(10-8-13)17-11-15(19-5)12-18-4/h13-15,17H,6-12H2,1-5H3. The van der Waals surface area contributed by atoms with Crippen LogP contribution in [0.1, 0.15) is 52.9 Å². The maximum atomic E-state index is 5.39. The third-order valence-electron chi connectivity index (χ3n) is 5.06. The molecule has 1 aliphatic carbocycles. The predicted octanol–water partition coefficient (Wildman–Crippen LogP) is 3.23. The van der Waals surface area contributed by atoms with E-state index in [1.165, 1.54) is 32.1 Å². The van der Waals surface area contributed by atoms with Crippen molar-refractivity contribution in [3.8, 4) is 0 Å². The zero-order chi connectivity index (χ0) is 14.3. The van der Waals surface area contributed by atoms with Gasteiger partial charge in [-0.3, -0.25) is 0 Å². The number of hydrogen-bond donors (Lipinski definition) is 1. The van der Waals surface area contributed by atoms with Crippen molar-refractivity contribution in [1.29, 1.82) is 0 Å². The molecule has 1 rings (SSSR count). The fourth-order valence-corrected chi connectivity index (χ4v) is 3.06. The van der Waals surface area contributed by atoms with Crippen LogP contribution < -0.4 is 5.32 Å². The summed E-state index contributed by atoms with van der Waals surface area (Å²) < 4.78 is 10.5. The summed E-state index contributed by atoms with van der Waals surface area (Å²) in [5.74, 6) is 0.896. The Balaban J connectivity index is 2.26. The summed E-state index contributed by atoms with van der Waals surface area (Å²) in [6.07, 6.45) is 6.79. The Hall–Kier alpha value is -0.120. The molecule has 3 nitrogen and oxygen atoms in total. The van der Waals surface area contributed by atoms with Crippen LogP contribution in [0, 0.1) is 11.3 Å². The van der Waals surface area contributed by atoms with Crippen LogP contribution in [0.5, 0.6) is 0 Å². The van der Waals surface area contributed by atoms with Crippen molar-refractivity contribution < 1.29 is 9.47 Å². The van der Waals surface area contributed by atoms with Crippen LogP contribution >= 0.6 is 0 Å². The lowest BCUT2D eigenvalue weighted by Gasteiger charge is -2.39. The average molecular weight is 271 g/mol. The molecule has 1 atom stereocenters. The Kier molecular flexibility index (Phi) is 7.33. The summed E-state index contributed by atoms with van der Waals surface area (Å²) in [6, 6.07) is 0.665. The van der Waals surface area contributed by atoms with Crippen LogP contribution in [0.3, 0.4) is 0 Å². The molecule has 19 heavy (non-hydrogen) atoms. The van der Waals surface area contributed by atoms with Crippen molar-refractivity contribution in [3.63, 3.8) is 0 Å². The first-order valence-electron chi connectivity index (χ1n) is 7.78. The lowest BCUT2D eigenvalue weighted by molar-refractivity contribution is 0.0253. The highest BCUT2D eigenvalue weighted by atomic mass is 16.5. The molecule has 0 bridgehead atoms. The van der Waals surface area contributed by atoms with E-state index in [2.05, 4.69) is 26.1 Å². The van der Waals surface area contributed by atoms with Crippen molar-refractivity contribution >= 4 is 0 Å². The van der Waals surface area contributed by atoms with Gasteiger partial charge in [0.2, 0.25) is 0 Å². The molecule has 0 aromatic heterocycles. The Morgan fingerprint density at radius 3 is 2.26 bits per heavy atom. The van der Waals surface area contributed by atoms with Gasteiger partial charge in [0.1, 0.15) is 0 Å². The average Bonchev–Trinajstić information content (AvgIpc) is 2.44. The SMILES string of the molecule is CCC(C)(C)C1CCC(NCC(COC)OC)CC1. The zero-order valence-corrected chi connectivity index (χ0v) is 13.5. The highest BCUT2D eigenvalue weighted by molar-refractivity contribution is 4.85. The van der Waals surface area contributed by atoms with E-state index >= 15 is 0 Å². The largest absolute Gasteiger partial charge is 0.382 e. The van der Waals surface area contributed by atoms with E-state index in [0.717, 1.165) is 12.5 Å². The quantitative estimate of drug-likeness (QED) is 0.735. The number of methoxy groups -OCH3 is 2. The van der Waals surface area contributed by atoms with Crippen LogP contribution in [-0.4, -0.2) is 39.5 Å². The first-order valence-corrected chi connectivity index (χ1v) is 7.78. The third kappa shape index (κ3) is 5.41. The normalized spacial score (nSPS) is 26.4. The molecular weight excluding hydrogens is 238 g/mol. The van der Waals surface area contributed by atoms with Gasteiger partial charge in [-0.1, -0.05) is 27.2 Å². The van der Waals surface area contributed by atoms with Gasteiger partial charge < -0.3 is 14.8 Å². The van der Waals surface area contributed by atoms with Crippen LogP contribution in [0.25, 0.3) is 0 Å². The molecular formula is C16H33NO2. The van der Waals surface area contributed by atoms with E-state index in [1.54, 1.807) is 14.2 Å². The van der Waals surface area contributed by atoms with E-state index < -0.39 is 0 Å². The van der Waals surface area contributed by atoms with Crippen molar-refractivity contribution in [2.24, 2.45) is 11.3 Å². The molecule has 1 aliphatic rings. The topological polar surface area (TPSA) is 30.5 Å². The molecule has 0 aromatic rings. The van der Waals surface area contributed by atoms with Crippen LogP contribution in [-0.2, 0) is 9.47 Å². The van der Waals surface area contributed by atoms with Gasteiger partial charge in [-0.2, -0.15) is 0 Å². The number of rotatable bonds is 8. The first-order chi connectivity index (χ1) is 9.03. The van der Waals surface area contributed by atoms with Crippen molar-refractivity contribution in [2.75, 3.05) is 27.4 Å². The Bertz CT molecular complexity index is 235. The van der Waals surface area contributed by atoms with Gasteiger partial charge in [0.25, 0.3) is 0 Å². The minimum atomic E-state index is 0.176. The second-order valence-electron chi connectivity index (χ2n) is 6.61. The summed E-state index contributed by atoms with van der Waals surface area (Å²) >= 11 is 0. The van der Waals surface area contributed by atoms with Crippen LogP contribution in [0.2, 0.25) is 0 Å². The molecule has 0 spiro atoms. The van der Waals surface area contributed by atoms with Gasteiger partial charge in [-0.25, -0.2) is 0 Å². The van der Waals surface area contributed by atoms with Gasteiger partial charge in [-0.05, 0) is 37.0 Å². The van der Waals surface area contributed by atoms with E-state index in [0.29, 0.717) is 18.1 Å². The predicted molar refractivity (Wildman–Crippen MR) is 80.5 cm³/mol. The van der Waals surface area contributed by atoms with Gasteiger partial charge in [0, 0.05) is 26.8 Å². The van der Waals surface area contributed by atoms with E-state index in [1.807, 2.05) is 0 Å². The summed E-state index contributed by atoms with van der Waals surface area (Å²) in [6.45, 7) is 8.73. The third-order valence-corrected chi connectivity index (χ3v) is 5.06. The minimum Gasteiger partial charge on any atom is -0.382 e. The molecule has 0 heterocycles.